The van der Waals surface area contributed by atoms with Crippen molar-refractivity contribution in [3.63, 3.8) is 0 Å². The highest BCUT2D eigenvalue weighted by molar-refractivity contribution is 5.96. The minimum Gasteiger partial charge on any atom is -0.0985 e. The summed E-state index contributed by atoms with van der Waals surface area (Å²) in [4.78, 5) is 0. The maximum atomic E-state index is 3.82. The van der Waals surface area contributed by atoms with Crippen LogP contribution in [-0.2, 0) is 0 Å². The van der Waals surface area contributed by atoms with Crippen molar-refractivity contribution in [1.82, 2.24) is 0 Å². The molecule has 32 heavy (non-hydrogen) atoms. The van der Waals surface area contributed by atoms with Gasteiger partial charge < -0.3 is 0 Å². The second-order valence-electron chi connectivity index (χ2n) is 7.51. The zero-order valence-electron chi connectivity index (χ0n) is 18.1. The Labute approximate surface area is 190 Å². The molecule has 0 unspecified atom stereocenters. The lowest BCUT2D eigenvalue weighted by atomic mass is 9.97. The normalized spacial score (nSPS) is 10.1. The van der Waals surface area contributed by atoms with Gasteiger partial charge in [-0.05, 0) is 44.2 Å². The molecule has 0 bridgehead atoms. The van der Waals surface area contributed by atoms with Gasteiger partial charge in [-0.1, -0.05) is 147 Å². The van der Waals surface area contributed by atoms with Crippen molar-refractivity contribution in [2.24, 2.45) is 0 Å². The quantitative estimate of drug-likeness (QED) is 0.277. The molecule has 5 rings (SSSR count). The third-order valence-electron chi connectivity index (χ3n) is 5.51. The SMILES string of the molecule is C=Cc1ccc(-c2cccc3ccccc23)cc1.C=Cc1ccccc1-c1ccccc1. The fourth-order valence-corrected chi connectivity index (χ4v) is 3.83. The largest absolute Gasteiger partial charge is 0.0985 e. The third-order valence-corrected chi connectivity index (χ3v) is 5.51. The first-order valence-electron chi connectivity index (χ1n) is 10.8. The molecule has 0 aliphatic rings. The van der Waals surface area contributed by atoms with Gasteiger partial charge >= 0.3 is 0 Å². The van der Waals surface area contributed by atoms with Gasteiger partial charge in [-0.25, -0.2) is 0 Å². The Hall–Kier alpha value is -4.16. The van der Waals surface area contributed by atoms with Gasteiger partial charge in [0.05, 0.1) is 0 Å². The second kappa shape index (κ2) is 10.2. The maximum Gasteiger partial charge on any atom is -0.0105 e. The minimum absolute atomic E-state index is 1.15. The van der Waals surface area contributed by atoms with Crippen LogP contribution in [0.15, 0.2) is 134 Å². The van der Waals surface area contributed by atoms with E-state index in [0.29, 0.717) is 0 Å². The average molecular weight is 411 g/mol. The van der Waals surface area contributed by atoms with E-state index in [2.05, 4.69) is 122 Å². The first-order valence-corrected chi connectivity index (χ1v) is 10.8. The molecule has 0 aromatic heterocycles. The Balaban J connectivity index is 0.000000158. The van der Waals surface area contributed by atoms with Crippen LogP contribution in [0.2, 0.25) is 0 Å². The smallest absolute Gasteiger partial charge is 0.0105 e. The van der Waals surface area contributed by atoms with Crippen LogP contribution in [-0.4, -0.2) is 0 Å². The molecule has 0 heterocycles. The third kappa shape index (κ3) is 4.77. The molecular formula is C32H26. The van der Waals surface area contributed by atoms with E-state index in [9.17, 15) is 0 Å². The molecule has 0 saturated carbocycles. The van der Waals surface area contributed by atoms with E-state index in [-0.39, 0.29) is 0 Å². The number of benzene rings is 5. The highest BCUT2D eigenvalue weighted by atomic mass is 14.1. The molecule has 154 valence electrons. The highest BCUT2D eigenvalue weighted by Crippen LogP contribution is 2.28. The molecule has 0 spiro atoms. The van der Waals surface area contributed by atoms with E-state index in [4.69, 9.17) is 0 Å². The molecule has 0 N–H and O–H groups in total. The molecule has 0 amide bonds. The molecule has 0 fully saturated rings. The summed E-state index contributed by atoms with van der Waals surface area (Å²) in [6.45, 7) is 7.60. The Bertz CT molecular complexity index is 1320. The monoisotopic (exact) mass is 410 g/mol. The highest BCUT2D eigenvalue weighted by Gasteiger charge is 2.02. The molecular weight excluding hydrogens is 384 g/mol. The van der Waals surface area contributed by atoms with Gasteiger partial charge in [0.25, 0.3) is 0 Å². The molecule has 0 heteroatoms. The lowest BCUT2D eigenvalue weighted by molar-refractivity contribution is 1.59. The summed E-state index contributed by atoms with van der Waals surface area (Å²) in [5.74, 6) is 0. The van der Waals surface area contributed by atoms with E-state index >= 15 is 0 Å². The number of rotatable bonds is 4. The minimum atomic E-state index is 1.15. The summed E-state index contributed by atoms with van der Waals surface area (Å²) >= 11 is 0. The summed E-state index contributed by atoms with van der Waals surface area (Å²) in [5.41, 5.74) is 7.34. The molecule has 0 saturated heterocycles. The van der Waals surface area contributed by atoms with Crippen molar-refractivity contribution in [3.8, 4) is 22.3 Å². The lowest BCUT2D eigenvalue weighted by Gasteiger charge is -2.07. The van der Waals surface area contributed by atoms with E-state index < -0.39 is 0 Å². The van der Waals surface area contributed by atoms with Crippen molar-refractivity contribution in [3.05, 3.63) is 146 Å². The Morgan fingerprint density at radius 1 is 0.438 bits per heavy atom. The fourth-order valence-electron chi connectivity index (χ4n) is 3.83. The molecule has 0 radical (unpaired) electrons. The molecule has 0 atom stereocenters. The van der Waals surface area contributed by atoms with E-state index in [1.807, 2.05) is 24.3 Å². The van der Waals surface area contributed by atoms with Gasteiger partial charge in [-0.2, -0.15) is 0 Å². The van der Waals surface area contributed by atoms with Crippen LogP contribution < -0.4 is 0 Å². The molecule has 5 aromatic carbocycles. The number of hydrogen-bond donors (Lipinski definition) is 0. The van der Waals surface area contributed by atoms with Gasteiger partial charge in [0.15, 0.2) is 0 Å². The Morgan fingerprint density at radius 3 is 1.78 bits per heavy atom. The summed E-state index contributed by atoms with van der Waals surface area (Å²) in [7, 11) is 0. The van der Waals surface area contributed by atoms with Crippen LogP contribution in [0.1, 0.15) is 11.1 Å². The van der Waals surface area contributed by atoms with Crippen LogP contribution in [0.3, 0.4) is 0 Å². The van der Waals surface area contributed by atoms with Crippen LogP contribution in [0.5, 0.6) is 0 Å². The van der Waals surface area contributed by atoms with Gasteiger partial charge in [-0.3, -0.25) is 0 Å². The van der Waals surface area contributed by atoms with E-state index in [1.165, 1.54) is 38.6 Å². The Kier molecular flexibility index (Phi) is 6.75. The van der Waals surface area contributed by atoms with Crippen molar-refractivity contribution in [2.45, 2.75) is 0 Å². The van der Waals surface area contributed by atoms with Crippen LogP contribution in [0.25, 0.3) is 45.2 Å². The molecule has 5 aromatic rings. The summed E-state index contributed by atoms with van der Waals surface area (Å²) in [6.07, 6.45) is 3.76. The maximum absolute atomic E-state index is 3.82. The molecule has 0 aliphatic heterocycles. The van der Waals surface area contributed by atoms with E-state index in [1.54, 1.807) is 0 Å². The first-order chi connectivity index (χ1) is 15.8. The zero-order valence-corrected chi connectivity index (χ0v) is 18.1. The van der Waals surface area contributed by atoms with Crippen LogP contribution in [0, 0.1) is 0 Å². The van der Waals surface area contributed by atoms with Gasteiger partial charge in [0, 0.05) is 0 Å². The van der Waals surface area contributed by atoms with Gasteiger partial charge in [-0.15, -0.1) is 0 Å². The lowest BCUT2D eigenvalue weighted by Crippen LogP contribution is -1.81. The van der Waals surface area contributed by atoms with Crippen molar-refractivity contribution < 1.29 is 0 Å². The predicted octanol–water partition coefficient (Wildman–Crippen LogP) is 9.15. The molecule has 0 aliphatic carbocycles. The first kappa shape index (κ1) is 21.1. The Morgan fingerprint density at radius 2 is 1.03 bits per heavy atom. The average Bonchev–Trinajstić information content (AvgIpc) is 2.89. The van der Waals surface area contributed by atoms with Crippen molar-refractivity contribution in [1.29, 1.82) is 0 Å². The molecule has 0 nitrogen and oxygen atoms in total. The number of fused-ring (bicyclic) bond motifs is 1. The second-order valence-corrected chi connectivity index (χ2v) is 7.51. The fraction of sp³-hybridized carbons (Fsp3) is 0. The van der Waals surface area contributed by atoms with Gasteiger partial charge in [0.1, 0.15) is 0 Å². The van der Waals surface area contributed by atoms with E-state index in [0.717, 1.165) is 5.56 Å². The summed E-state index contributed by atoms with van der Waals surface area (Å²) in [5, 5.41) is 2.58. The standard InChI is InChI=1S/C18H14.C14H12/c1-2-14-10-12-16(13-11-14)18-9-5-7-15-6-3-4-8-17(15)18;1-2-12-8-6-7-11-14(12)13-9-4-3-5-10-13/h2-13H,1H2;2-11H,1H2. The van der Waals surface area contributed by atoms with Gasteiger partial charge in [0.2, 0.25) is 0 Å². The topological polar surface area (TPSA) is 0 Å². The van der Waals surface area contributed by atoms with Crippen molar-refractivity contribution >= 4 is 22.9 Å². The zero-order chi connectivity index (χ0) is 22.2. The van der Waals surface area contributed by atoms with Crippen molar-refractivity contribution in [2.75, 3.05) is 0 Å². The number of hydrogen-bond acceptors (Lipinski definition) is 0. The van der Waals surface area contributed by atoms with Crippen LogP contribution >= 0.6 is 0 Å². The summed E-state index contributed by atoms with van der Waals surface area (Å²) < 4.78 is 0. The predicted molar refractivity (Wildman–Crippen MR) is 141 cm³/mol. The van der Waals surface area contributed by atoms with Crippen LogP contribution in [0.4, 0.5) is 0 Å². The summed E-state index contributed by atoms with van der Waals surface area (Å²) in [6, 6.07) is 42.1.